The van der Waals surface area contributed by atoms with Gasteiger partial charge in [0.1, 0.15) is 0 Å². The Bertz CT molecular complexity index is 1250. The Hall–Kier alpha value is -2.42. The summed E-state index contributed by atoms with van der Waals surface area (Å²) in [6.45, 7) is 1.36. The fourth-order valence-corrected chi connectivity index (χ4v) is 11.9. The third-order valence-corrected chi connectivity index (χ3v) is 14.3. The number of hydrogen-bond donors (Lipinski definition) is 0. The van der Waals surface area contributed by atoms with E-state index < -0.39 is 27.4 Å². The fourth-order valence-electron chi connectivity index (χ4n) is 6.97. The van der Waals surface area contributed by atoms with Crippen LogP contribution in [0.25, 0.3) is 0 Å². The Morgan fingerprint density at radius 3 is 1.05 bits per heavy atom. The zero-order valence-electron chi connectivity index (χ0n) is 25.3. The van der Waals surface area contributed by atoms with Crippen LogP contribution in [0.1, 0.15) is 38.5 Å². The molecule has 0 saturated carbocycles. The minimum Gasteiger partial charge on any atom is -0.345 e. The molecule has 3 fully saturated rings. The van der Waals surface area contributed by atoms with Crippen molar-refractivity contribution >= 4 is 37.1 Å². The highest BCUT2D eigenvalue weighted by molar-refractivity contribution is 7.73. The molecule has 2 spiro atoms. The van der Waals surface area contributed by atoms with Gasteiger partial charge in [-0.2, -0.15) is 0 Å². The van der Waals surface area contributed by atoms with Crippen molar-refractivity contribution in [1.29, 1.82) is 0 Å². The van der Waals surface area contributed by atoms with E-state index in [0.29, 0.717) is 13.2 Å². The summed E-state index contributed by atoms with van der Waals surface area (Å²) in [4.78, 5) is 0. The molecule has 4 aromatic rings. The van der Waals surface area contributed by atoms with Gasteiger partial charge in [0.15, 0.2) is 0 Å². The third kappa shape index (κ3) is 6.32. The number of benzene rings is 4. The predicted octanol–water partition coefficient (Wildman–Crippen LogP) is 6.83. The first-order valence-electron chi connectivity index (χ1n) is 16.1. The number of hydrogen-bond acceptors (Lipinski definition) is 4. The second-order valence-corrected chi connectivity index (χ2v) is 16.5. The average molecular weight is 625 g/mol. The van der Waals surface area contributed by atoms with Crippen LogP contribution in [-0.4, -0.2) is 49.3 Å². The van der Waals surface area contributed by atoms with Crippen LogP contribution in [0.5, 0.6) is 0 Å². The van der Waals surface area contributed by atoms with Crippen molar-refractivity contribution in [2.75, 3.05) is 25.5 Å². The molecule has 0 N–H and O–H groups in total. The van der Waals surface area contributed by atoms with Gasteiger partial charge < -0.3 is 18.9 Å². The molecule has 4 atom stereocenters. The van der Waals surface area contributed by atoms with Gasteiger partial charge in [0.25, 0.3) is 0 Å². The minimum absolute atomic E-state index is 0.145. The Balaban J connectivity index is 1.30. The van der Waals surface area contributed by atoms with E-state index in [0.717, 1.165) is 50.8 Å². The van der Waals surface area contributed by atoms with Gasteiger partial charge in [-0.25, -0.2) is 0 Å². The van der Waals surface area contributed by atoms with Gasteiger partial charge in [-0.05, 0) is 62.7 Å². The molecule has 228 valence electrons. The van der Waals surface area contributed by atoms with Crippen molar-refractivity contribution in [3.8, 4) is 0 Å². The topological polar surface area (TPSA) is 36.9 Å². The molecule has 3 saturated heterocycles. The molecule has 0 radical (unpaired) electrons. The second-order valence-electron chi connectivity index (χ2n) is 12.0. The third-order valence-electron chi connectivity index (χ3n) is 9.15. The first-order chi connectivity index (χ1) is 21.8. The number of rotatable bonds is 8. The monoisotopic (exact) mass is 624 g/mol. The zero-order chi connectivity index (χ0) is 29.7. The molecule has 6 heteroatoms. The van der Waals surface area contributed by atoms with Gasteiger partial charge in [-0.3, -0.25) is 0 Å². The lowest BCUT2D eigenvalue weighted by Gasteiger charge is -2.58. The molecule has 3 aliphatic heterocycles. The van der Waals surface area contributed by atoms with E-state index in [1.807, 2.05) is 0 Å². The molecule has 0 aromatic heterocycles. The summed E-state index contributed by atoms with van der Waals surface area (Å²) in [5, 5.41) is 5.43. The van der Waals surface area contributed by atoms with Crippen molar-refractivity contribution in [3.05, 3.63) is 121 Å². The van der Waals surface area contributed by atoms with Crippen LogP contribution in [0, 0.1) is 0 Å². The van der Waals surface area contributed by atoms with Gasteiger partial charge in [-0.1, -0.05) is 121 Å². The maximum atomic E-state index is 7.42. The second kappa shape index (κ2) is 13.9. The van der Waals surface area contributed by atoms with Crippen molar-refractivity contribution < 1.29 is 18.9 Å². The van der Waals surface area contributed by atoms with Gasteiger partial charge in [0.2, 0.25) is 11.6 Å². The Morgan fingerprint density at radius 2 is 0.773 bits per heavy atom. The maximum absolute atomic E-state index is 7.42. The quantitative estimate of drug-likeness (QED) is 0.202. The standard InChI is InChI=1S/C38H42O4P2/c1-5-17-31(18-6-1)43(32-19-7-2-8-20-32)29-35-36(30-44(33-21-9-3-10-22-33)34-23-11-4-12-24-34)42-38(26-14-16-28-40-38)37(41-35)25-13-15-27-39-37/h1-12,17-24,35-36H,13-16,25-30H2/t35-,36?,37?,38+/m0/s1. The summed E-state index contributed by atoms with van der Waals surface area (Å²) in [7, 11) is -1.39. The first-order valence-corrected chi connectivity index (χ1v) is 19.2. The van der Waals surface area contributed by atoms with Crippen LogP contribution in [0.2, 0.25) is 0 Å². The molecule has 0 amide bonds. The van der Waals surface area contributed by atoms with Crippen LogP contribution in [0.4, 0.5) is 0 Å². The number of fused-ring (bicyclic) bond motifs is 1. The number of ether oxygens (including phenoxy) is 4. The summed E-state index contributed by atoms with van der Waals surface area (Å²) in [6, 6.07) is 43.9. The van der Waals surface area contributed by atoms with Crippen molar-refractivity contribution in [1.82, 2.24) is 0 Å². The molecular weight excluding hydrogens is 582 g/mol. The van der Waals surface area contributed by atoms with E-state index in [-0.39, 0.29) is 12.2 Å². The van der Waals surface area contributed by atoms with Crippen LogP contribution in [0.15, 0.2) is 121 Å². The molecule has 0 bridgehead atoms. The lowest BCUT2D eigenvalue weighted by atomic mass is 9.88. The van der Waals surface area contributed by atoms with Crippen LogP contribution >= 0.6 is 15.8 Å². The van der Waals surface area contributed by atoms with Crippen molar-refractivity contribution in [3.63, 3.8) is 0 Å². The maximum Gasteiger partial charge on any atom is 0.224 e. The molecule has 3 heterocycles. The molecule has 2 unspecified atom stereocenters. The van der Waals surface area contributed by atoms with Gasteiger partial charge in [-0.15, -0.1) is 0 Å². The van der Waals surface area contributed by atoms with Gasteiger partial charge >= 0.3 is 0 Å². The normalized spacial score (nSPS) is 27.2. The van der Waals surface area contributed by atoms with E-state index in [4.69, 9.17) is 18.9 Å². The van der Waals surface area contributed by atoms with E-state index >= 15 is 0 Å². The van der Waals surface area contributed by atoms with Crippen molar-refractivity contribution in [2.24, 2.45) is 0 Å². The summed E-state index contributed by atoms with van der Waals surface area (Å²) < 4.78 is 28.2. The largest absolute Gasteiger partial charge is 0.345 e. The summed E-state index contributed by atoms with van der Waals surface area (Å²) >= 11 is 0. The molecule has 44 heavy (non-hydrogen) atoms. The smallest absolute Gasteiger partial charge is 0.224 e. The van der Waals surface area contributed by atoms with E-state index in [1.54, 1.807) is 0 Å². The van der Waals surface area contributed by atoms with Crippen LogP contribution < -0.4 is 21.2 Å². The zero-order valence-corrected chi connectivity index (χ0v) is 27.1. The molecule has 4 nitrogen and oxygen atoms in total. The van der Waals surface area contributed by atoms with E-state index in [1.165, 1.54) is 21.2 Å². The highest BCUT2D eigenvalue weighted by Crippen LogP contribution is 2.52. The molecule has 7 rings (SSSR count). The first kappa shape index (κ1) is 30.2. The van der Waals surface area contributed by atoms with Gasteiger partial charge in [0, 0.05) is 25.2 Å². The highest BCUT2D eigenvalue weighted by atomic mass is 31.1. The van der Waals surface area contributed by atoms with E-state index in [2.05, 4.69) is 121 Å². The minimum atomic E-state index is -0.872. The molecule has 3 aliphatic rings. The Morgan fingerprint density at radius 1 is 0.455 bits per heavy atom. The van der Waals surface area contributed by atoms with Gasteiger partial charge in [0.05, 0.1) is 25.4 Å². The lowest BCUT2D eigenvalue weighted by Crippen LogP contribution is -2.70. The molecule has 4 aromatic carbocycles. The Labute approximate surface area is 264 Å². The van der Waals surface area contributed by atoms with Crippen LogP contribution in [0.3, 0.4) is 0 Å². The summed E-state index contributed by atoms with van der Waals surface area (Å²) in [6.07, 6.45) is 7.24. The van der Waals surface area contributed by atoms with Crippen LogP contribution in [-0.2, 0) is 18.9 Å². The summed E-state index contributed by atoms with van der Waals surface area (Å²) in [5.41, 5.74) is 0. The lowest BCUT2D eigenvalue weighted by molar-refractivity contribution is -0.476. The molecule has 0 aliphatic carbocycles. The van der Waals surface area contributed by atoms with E-state index in [9.17, 15) is 0 Å². The highest BCUT2D eigenvalue weighted by Gasteiger charge is 2.63. The Kier molecular flexibility index (Phi) is 9.57. The average Bonchev–Trinajstić information content (AvgIpc) is 3.10. The fraction of sp³-hybridized carbons (Fsp3) is 0.368. The predicted molar refractivity (Wildman–Crippen MR) is 183 cm³/mol. The molecular formula is C38H42O4P2. The SMILES string of the molecule is c1ccc(P(CC2O[C@]3(CCCCO3)C3(CCCCO3)O[C@H]2CP(c2ccccc2)c2ccccc2)c2ccccc2)cc1. The van der Waals surface area contributed by atoms with Crippen molar-refractivity contribution in [2.45, 2.75) is 62.3 Å². The summed E-state index contributed by atoms with van der Waals surface area (Å²) in [5.74, 6) is -1.74.